The monoisotopic (exact) mass is 346 g/mol. The van der Waals surface area contributed by atoms with Crippen molar-refractivity contribution in [2.24, 2.45) is 0 Å². The Labute approximate surface area is 153 Å². The number of nitrogens with zero attached hydrogens (tertiary/aromatic N) is 3. The molecule has 0 aliphatic carbocycles. The van der Waals surface area contributed by atoms with Gasteiger partial charge in [0, 0.05) is 19.3 Å². The number of carbonyl (C=O) groups is 1. The fourth-order valence-corrected chi connectivity index (χ4v) is 2.60. The van der Waals surface area contributed by atoms with Crippen molar-refractivity contribution in [1.82, 2.24) is 14.9 Å². The third-order valence-corrected chi connectivity index (χ3v) is 4.11. The summed E-state index contributed by atoms with van der Waals surface area (Å²) in [5.41, 5.74) is 3.63. The van der Waals surface area contributed by atoms with E-state index in [-0.39, 0.29) is 5.91 Å². The number of aromatic nitrogens is 2. The van der Waals surface area contributed by atoms with Gasteiger partial charge in [-0.2, -0.15) is 0 Å². The topological polar surface area (TPSA) is 58.1 Å². The van der Waals surface area contributed by atoms with Crippen molar-refractivity contribution in [3.05, 3.63) is 83.8 Å². The van der Waals surface area contributed by atoms with Gasteiger partial charge in [-0.1, -0.05) is 49.4 Å². The number of aryl methyl sites for hydroxylation is 1. The van der Waals surface area contributed by atoms with E-state index in [0.717, 1.165) is 17.7 Å². The highest BCUT2D eigenvalue weighted by atomic mass is 16.2. The number of amides is 1. The summed E-state index contributed by atoms with van der Waals surface area (Å²) >= 11 is 0. The zero-order valence-corrected chi connectivity index (χ0v) is 15.0. The van der Waals surface area contributed by atoms with E-state index in [0.29, 0.717) is 18.1 Å². The predicted molar refractivity (Wildman–Crippen MR) is 103 cm³/mol. The molecular weight excluding hydrogens is 324 g/mol. The number of nitrogens with one attached hydrogen (secondary N) is 1. The van der Waals surface area contributed by atoms with Crippen LogP contribution in [0.25, 0.3) is 0 Å². The summed E-state index contributed by atoms with van der Waals surface area (Å²) < 4.78 is 0. The molecule has 5 nitrogen and oxygen atoms in total. The summed E-state index contributed by atoms with van der Waals surface area (Å²) in [7, 11) is 1.76. The van der Waals surface area contributed by atoms with Crippen LogP contribution in [-0.2, 0) is 13.0 Å². The van der Waals surface area contributed by atoms with Gasteiger partial charge in [0.15, 0.2) is 0 Å². The zero-order valence-electron chi connectivity index (χ0n) is 15.0. The Balaban J connectivity index is 1.63. The molecule has 0 aliphatic heterocycles. The highest BCUT2D eigenvalue weighted by molar-refractivity contribution is 5.91. The highest BCUT2D eigenvalue weighted by Gasteiger charge is 2.14. The van der Waals surface area contributed by atoms with Crippen LogP contribution < -0.4 is 5.32 Å². The normalized spacial score (nSPS) is 10.4. The summed E-state index contributed by atoms with van der Waals surface area (Å²) in [6.07, 6.45) is 4.09. The molecule has 3 rings (SSSR count). The quantitative estimate of drug-likeness (QED) is 0.731. The molecule has 2 aromatic carbocycles. The van der Waals surface area contributed by atoms with Gasteiger partial charge in [0.2, 0.25) is 0 Å². The molecule has 0 atom stereocenters. The standard InChI is InChI=1S/C21H22N4O/c1-3-16-9-11-18(12-10-16)24-20-14-22-19(13-23-20)21(26)25(2)15-17-7-5-4-6-8-17/h4-14H,3,15H2,1-2H3,(H,23,24). The lowest BCUT2D eigenvalue weighted by Crippen LogP contribution is -2.27. The Morgan fingerprint density at radius 2 is 1.69 bits per heavy atom. The number of hydrogen-bond acceptors (Lipinski definition) is 4. The minimum absolute atomic E-state index is 0.153. The molecule has 1 N–H and O–H groups in total. The lowest BCUT2D eigenvalue weighted by atomic mass is 10.1. The smallest absolute Gasteiger partial charge is 0.274 e. The largest absolute Gasteiger partial charge is 0.339 e. The molecule has 0 saturated heterocycles. The Morgan fingerprint density at radius 1 is 0.962 bits per heavy atom. The van der Waals surface area contributed by atoms with Gasteiger partial charge < -0.3 is 10.2 Å². The molecule has 1 heterocycles. The molecule has 132 valence electrons. The first kappa shape index (κ1) is 17.6. The maximum Gasteiger partial charge on any atom is 0.274 e. The van der Waals surface area contributed by atoms with Gasteiger partial charge in [-0.15, -0.1) is 0 Å². The van der Waals surface area contributed by atoms with E-state index in [2.05, 4.69) is 34.3 Å². The Morgan fingerprint density at radius 3 is 2.31 bits per heavy atom. The number of rotatable bonds is 6. The van der Waals surface area contributed by atoms with Crippen molar-refractivity contribution >= 4 is 17.4 Å². The maximum atomic E-state index is 12.5. The lowest BCUT2D eigenvalue weighted by Gasteiger charge is -2.16. The summed E-state index contributed by atoms with van der Waals surface area (Å²) in [4.78, 5) is 22.7. The molecule has 0 unspecified atom stereocenters. The molecule has 26 heavy (non-hydrogen) atoms. The van der Waals surface area contributed by atoms with Crippen LogP contribution in [0.4, 0.5) is 11.5 Å². The first-order chi connectivity index (χ1) is 12.7. The Kier molecular flexibility index (Phi) is 5.59. The van der Waals surface area contributed by atoms with Crippen LogP contribution in [0.5, 0.6) is 0 Å². The second-order valence-corrected chi connectivity index (χ2v) is 6.11. The van der Waals surface area contributed by atoms with Crippen LogP contribution in [0.3, 0.4) is 0 Å². The molecule has 0 bridgehead atoms. The molecule has 0 saturated carbocycles. The second kappa shape index (κ2) is 8.25. The third-order valence-electron chi connectivity index (χ3n) is 4.11. The van der Waals surface area contributed by atoms with E-state index < -0.39 is 0 Å². The van der Waals surface area contributed by atoms with Crippen LogP contribution in [0, 0.1) is 0 Å². The van der Waals surface area contributed by atoms with E-state index in [9.17, 15) is 4.79 Å². The first-order valence-corrected chi connectivity index (χ1v) is 8.63. The summed E-state index contributed by atoms with van der Waals surface area (Å²) in [5, 5.41) is 3.19. The van der Waals surface area contributed by atoms with E-state index in [1.54, 1.807) is 18.1 Å². The number of anilines is 2. The van der Waals surface area contributed by atoms with Gasteiger partial charge >= 0.3 is 0 Å². The highest BCUT2D eigenvalue weighted by Crippen LogP contribution is 2.15. The Hall–Kier alpha value is -3.21. The molecule has 0 fully saturated rings. The summed E-state index contributed by atoms with van der Waals surface area (Å²) in [6.45, 7) is 2.66. The maximum absolute atomic E-state index is 12.5. The lowest BCUT2D eigenvalue weighted by molar-refractivity contribution is 0.0779. The molecular formula is C21H22N4O. The minimum Gasteiger partial charge on any atom is -0.339 e. The minimum atomic E-state index is -0.153. The average molecular weight is 346 g/mol. The van der Waals surface area contributed by atoms with Crippen molar-refractivity contribution in [2.75, 3.05) is 12.4 Å². The van der Waals surface area contributed by atoms with Crippen LogP contribution in [0.2, 0.25) is 0 Å². The molecule has 1 amide bonds. The van der Waals surface area contributed by atoms with E-state index in [1.807, 2.05) is 42.5 Å². The van der Waals surface area contributed by atoms with Gasteiger partial charge in [0.05, 0.1) is 12.4 Å². The first-order valence-electron chi connectivity index (χ1n) is 8.63. The van der Waals surface area contributed by atoms with Crippen molar-refractivity contribution < 1.29 is 4.79 Å². The van der Waals surface area contributed by atoms with Crippen molar-refractivity contribution in [3.63, 3.8) is 0 Å². The van der Waals surface area contributed by atoms with Gasteiger partial charge in [-0.25, -0.2) is 9.97 Å². The average Bonchev–Trinajstić information content (AvgIpc) is 2.69. The number of hydrogen-bond donors (Lipinski definition) is 1. The van der Waals surface area contributed by atoms with Gasteiger partial charge in [-0.05, 0) is 29.7 Å². The van der Waals surface area contributed by atoms with Crippen LogP contribution >= 0.6 is 0 Å². The van der Waals surface area contributed by atoms with Crippen LogP contribution in [0.15, 0.2) is 67.0 Å². The fourth-order valence-electron chi connectivity index (χ4n) is 2.60. The van der Waals surface area contributed by atoms with Crippen molar-refractivity contribution in [3.8, 4) is 0 Å². The summed E-state index contributed by atoms with van der Waals surface area (Å²) in [6, 6.07) is 18.0. The van der Waals surface area contributed by atoms with E-state index in [4.69, 9.17) is 0 Å². The number of benzene rings is 2. The molecule has 5 heteroatoms. The molecule has 0 spiro atoms. The number of carbonyl (C=O) groups excluding carboxylic acids is 1. The fraction of sp³-hybridized carbons (Fsp3) is 0.190. The molecule has 3 aromatic rings. The Bertz CT molecular complexity index is 845. The van der Waals surface area contributed by atoms with Gasteiger partial charge in [-0.3, -0.25) is 4.79 Å². The van der Waals surface area contributed by atoms with Gasteiger partial charge in [0.1, 0.15) is 11.5 Å². The molecule has 0 aliphatic rings. The third kappa shape index (κ3) is 4.45. The zero-order chi connectivity index (χ0) is 18.4. The summed E-state index contributed by atoms with van der Waals surface area (Å²) in [5.74, 6) is 0.455. The second-order valence-electron chi connectivity index (χ2n) is 6.11. The molecule has 0 radical (unpaired) electrons. The van der Waals surface area contributed by atoms with Gasteiger partial charge in [0.25, 0.3) is 5.91 Å². The van der Waals surface area contributed by atoms with Crippen molar-refractivity contribution in [1.29, 1.82) is 0 Å². The van der Waals surface area contributed by atoms with E-state index >= 15 is 0 Å². The van der Waals surface area contributed by atoms with Crippen LogP contribution in [0.1, 0.15) is 28.5 Å². The van der Waals surface area contributed by atoms with E-state index in [1.165, 1.54) is 11.8 Å². The SMILES string of the molecule is CCc1ccc(Nc2cnc(C(=O)N(C)Cc3ccccc3)cn2)cc1. The predicted octanol–water partition coefficient (Wildman–Crippen LogP) is 4.05. The van der Waals surface area contributed by atoms with Crippen molar-refractivity contribution in [2.45, 2.75) is 19.9 Å². The molecule has 1 aromatic heterocycles. The van der Waals surface area contributed by atoms with Crippen LogP contribution in [-0.4, -0.2) is 27.8 Å².